The fourth-order valence-electron chi connectivity index (χ4n) is 2.81. The van der Waals surface area contributed by atoms with Crippen LogP contribution in [0.1, 0.15) is 6.92 Å². The van der Waals surface area contributed by atoms with Crippen LogP contribution in [0, 0.1) is 0 Å². The van der Waals surface area contributed by atoms with Gasteiger partial charge in [-0.05, 0) is 40.3 Å². The first-order chi connectivity index (χ1) is 11.1. The van der Waals surface area contributed by atoms with Crippen molar-refractivity contribution >= 4 is 23.4 Å². The summed E-state index contributed by atoms with van der Waals surface area (Å²) in [5.41, 5.74) is 1.18. The monoisotopic (exact) mass is 302 g/mol. The van der Waals surface area contributed by atoms with E-state index < -0.39 is 0 Å². The highest BCUT2D eigenvalue weighted by atomic mass is 16.3. The van der Waals surface area contributed by atoms with E-state index in [-0.39, 0.29) is 11.5 Å². The third-order valence-electron chi connectivity index (χ3n) is 3.95. The molecule has 0 radical (unpaired) electrons. The fraction of sp³-hybridized carbons (Fsp3) is 0.0476. The molecule has 0 aliphatic heterocycles. The Kier molecular flexibility index (Phi) is 3.90. The maximum absolute atomic E-state index is 10.4. The van der Waals surface area contributed by atoms with Gasteiger partial charge in [0.15, 0.2) is 0 Å². The third-order valence-corrected chi connectivity index (χ3v) is 3.95. The van der Waals surface area contributed by atoms with E-state index in [1.165, 1.54) is 0 Å². The average Bonchev–Trinajstić information content (AvgIpc) is 2.56. The molecule has 3 aromatic rings. The maximum Gasteiger partial charge on any atom is 0.124 e. The number of benzene rings is 3. The van der Waals surface area contributed by atoms with Crippen molar-refractivity contribution in [2.24, 2.45) is 0 Å². The van der Waals surface area contributed by atoms with Crippen LogP contribution in [0.15, 0.2) is 60.7 Å². The van der Waals surface area contributed by atoms with E-state index in [9.17, 15) is 10.2 Å². The molecule has 0 bridgehead atoms. The second kappa shape index (κ2) is 6.01. The number of phenols is 2. The zero-order valence-corrected chi connectivity index (χ0v) is 13.0. The van der Waals surface area contributed by atoms with E-state index in [4.69, 9.17) is 0 Å². The molecular weight excluding hydrogens is 284 g/mol. The number of aromatic hydroxyl groups is 2. The molecule has 0 saturated heterocycles. The molecule has 3 aromatic carbocycles. The summed E-state index contributed by atoms with van der Waals surface area (Å²) >= 11 is 0. The maximum atomic E-state index is 10.4. The topological polar surface area (TPSA) is 40.5 Å². The molecule has 0 amide bonds. The van der Waals surface area contributed by atoms with Gasteiger partial charge in [0.1, 0.15) is 11.5 Å². The first-order valence-corrected chi connectivity index (χ1v) is 7.48. The van der Waals surface area contributed by atoms with Gasteiger partial charge in [-0.1, -0.05) is 61.2 Å². The van der Waals surface area contributed by atoms with Gasteiger partial charge in [-0.3, -0.25) is 0 Å². The Labute approximate surface area is 135 Å². The first kappa shape index (κ1) is 14.9. The van der Waals surface area contributed by atoms with Crippen molar-refractivity contribution < 1.29 is 10.2 Å². The van der Waals surface area contributed by atoms with Crippen molar-refractivity contribution in [3.8, 4) is 22.6 Å². The van der Waals surface area contributed by atoms with E-state index in [1.54, 1.807) is 12.1 Å². The summed E-state index contributed by atoms with van der Waals surface area (Å²) in [7, 11) is 0. The predicted molar refractivity (Wildman–Crippen MR) is 96.8 cm³/mol. The zero-order valence-electron chi connectivity index (χ0n) is 13.0. The van der Waals surface area contributed by atoms with Gasteiger partial charge in [-0.25, -0.2) is 0 Å². The van der Waals surface area contributed by atoms with Gasteiger partial charge in [-0.15, -0.1) is 0 Å². The van der Waals surface area contributed by atoms with Crippen LogP contribution < -0.4 is 10.4 Å². The van der Waals surface area contributed by atoms with Gasteiger partial charge in [0.05, 0.1) is 0 Å². The van der Waals surface area contributed by atoms with Gasteiger partial charge in [0.25, 0.3) is 0 Å². The number of hydrogen-bond donors (Lipinski definition) is 2. The summed E-state index contributed by atoms with van der Waals surface area (Å²) in [5, 5.41) is 24.3. The largest absolute Gasteiger partial charge is 0.507 e. The Morgan fingerprint density at radius 2 is 1.57 bits per heavy atom. The van der Waals surface area contributed by atoms with Crippen LogP contribution in [0.3, 0.4) is 0 Å². The van der Waals surface area contributed by atoms with Crippen LogP contribution in [0.5, 0.6) is 11.5 Å². The van der Waals surface area contributed by atoms with Gasteiger partial charge in [-0.2, -0.15) is 0 Å². The van der Waals surface area contributed by atoms with Crippen molar-refractivity contribution in [1.82, 2.24) is 0 Å². The molecule has 0 atom stereocenters. The highest BCUT2D eigenvalue weighted by molar-refractivity contribution is 6.01. The second-order valence-corrected chi connectivity index (χ2v) is 5.40. The average molecular weight is 302 g/mol. The normalized spacial score (nSPS) is 12.3. The molecule has 0 spiro atoms. The van der Waals surface area contributed by atoms with Crippen LogP contribution >= 0.6 is 0 Å². The summed E-state index contributed by atoms with van der Waals surface area (Å²) in [4.78, 5) is 0. The number of hydrogen-bond acceptors (Lipinski definition) is 2. The van der Waals surface area contributed by atoms with E-state index in [1.807, 2.05) is 61.5 Å². The minimum absolute atomic E-state index is 0.110. The Balaban J connectivity index is 2.45. The molecule has 114 valence electrons. The number of fused-ring (bicyclic) bond motifs is 1. The molecule has 3 rings (SSSR count). The standard InChI is InChI=1S/C21H18O2/c1-3-4-7-15-10-12-18(22)20(14(15)2)21-17-9-6-5-8-16(17)11-13-19(21)23/h3-13,22-23H,2H2,1H3/b4-3-,15-7-. The number of rotatable bonds is 2. The Morgan fingerprint density at radius 3 is 2.35 bits per heavy atom. The summed E-state index contributed by atoms with van der Waals surface area (Å²) in [6.07, 6.45) is 5.79. The minimum atomic E-state index is 0.110. The lowest BCUT2D eigenvalue weighted by Gasteiger charge is -2.12. The van der Waals surface area contributed by atoms with Gasteiger partial charge in [0.2, 0.25) is 0 Å². The molecule has 2 heteroatoms. The minimum Gasteiger partial charge on any atom is -0.507 e. The summed E-state index contributed by atoms with van der Waals surface area (Å²) in [5.74, 6) is 0.242. The molecule has 0 aliphatic rings. The Bertz CT molecular complexity index is 1010. The highest BCUT2D eigenvalue weighted by Gasteiger charge is 2.14. The lowest BCUT2D eigenvalue weighted by atomic mass is 9.94. The molecule has 0 saturated carbocycles. The predicted octanol–water partition coefficient (Wildman–Crippen LogP) is 3.68. The van der Waals surface area contributed by atoms with Gasteiger partial charge < -0.3 is 10.2 Å². The van der Waals surface area contributed by atoms with Crippen LogP contribution in [-0.4, -0.2) is 10.2 Å². The number of phenolic OH excluding ortho intramolecular Hbond substituents is 2. The number of allylic oxidation sites excluding steroid dienone is 2. The first-order valence-electron chi connectivity index (χ1n) is 7.48. The lowest BCUT2D eigenvalue weighted by Crippen LogP contribution is -2.24. The van der Waals surface area contributed by atoms with Crippen molar-refractivity contribution in [3.63, 3.8) is 0 Å². The fourth-order valence-corrected chi connectivity index (χ4v) is 2.81. The molecule has 0 aliphatic carbocycles. The third kappa shape index (κ3) is 2.59. The van der Waals surface area contributed by atoms with Gasteiger partial charge >= 0.3 is 0 Å². The highest BCUT2D eigenvalue weighted by Crippen LogP contribution is 2.37. The molecule has 0 heterocycles. The summed E-state index contributed by atoms with van der Waals surface area (Å²) in [6, 6.07) is 14.8. The molecule has 0 unspecified atom stereocenters. The lowest BCUT2D eigenvalue weighted by molar-refractivity contribution is 0.469. The van der Waals surface area contributed by atoms with Crippen LogP contribution in [-0.2, 0) is 0 Å². The molecule has 0 fully saturated rings. The Morgan fingerprint density at radius 1 is 0.870 bits per heavy atom. The van der Waals surface area contributed by atoms with Crippen molar-refractivity contribution in [1.29, 1.82) is 0 Å². The Hall–Kier alpha value is -3.00. The quantitative estimate of drug-likeness (QED) is 0.758. The van der Waals surface area contributed by atoms with E-state index >= 15 is 0 Å². The smallest absolute Gasteiger partial charge is 0.124 e. The molecular formula is C21H18O2. The van der Waals surface area contributed by atoms with Crippen LogP contribution in [0.4, 0.5) is 0 Å². The van der Waals surface area contributed by atoms with E-state index in [0.717, 1.165) is 16.0 Å². The molecule has 23 heavy (non-hydrogen) atoms. The van der Waals surface area contributed by atoms with Crippen LogP contribution in [0.25, 0.3) is 34.6 Å². The molecule has 2 nitrogen and oxygen atoms in total. The SMILES string of the molecule is C=c1c(-c2c(O)ccc3ccccc23)c(O)cc/c1=C/C=C\C. The van der Waals surface area contributed by atoms with E-state index in [2.05, 4.69) is 6.58 Å². The summed E-state index contributed by atoms with van der Waals surface area (Å²) in [6.45, 7) is 6.06. The zero-order chi connectivity index (χ0) is 16.4. The summed E-state index contributed by atoms with van der Waals surface area (Å²) < 4.78 is 0. The van der Waals surface area contributed by atoms with Crippen molar-refractivity contribution in [2.45, 2.75) is 6.92 Å². The van der Waals surface area contributed by atoms with E-state index in [0.29, 0.717) is 16.3 Å². The van der Waals surface area contributed by atoms with Crippen LogP contribution in [0.2, 0.25) is 0 Å². The molecule has 0 aromatic heterocycles. The molecule has 2 N–H and O–H groups in total. The second-order valence-electron chi connectivity index (χ2n) is 5.40. The van der Waals surface area contributed by atoms with Gasteiger partial charge in [0, 0.05) is 11.1 Å². The van der Waals surface area contributed by atoms with Crippen molar-refractivity contribution in [2.75, 3.05) is 0 Å². The van der Waals surface area contributed by atoms with Crippen molar-refractivity contribution in [3.05, 3.63) is 71.1 Å².